The van der Waals surface area contributed by atoms with E-state index in [0.717, 1.165) is 0 Å². The number of hydrogen-bond donors (Lipinski definition) is 3. The predicted octanol–water partition coefficient (Wildman–Crippen LogP) is 1.41. The average Bonchev–Trinajstić information content (AvgIpc) is 3.42. The van der Waals surface area contributed by atoms with Gasteiger partial charge < -0.3 is 20.9 Å². The van der Waals surface area contributed by atoms with Crippen molar-refractivity contribution in [1.29, 1.82) is 0 Å². The first-order valence-electron chi connectivity index (χ1n) is 11.4. The molecule has 12 nitrogen and oxygen atoms in total. The third kappa shape index (κ3) is 3.91. The summed E-state index contributed by atoms with van der Waals surface area (Å²) >= 11 is 0. The number of imidazole rings is 1. The van der Waals surface area contributed by atoms with Crippen LogP contribution in [0.5, 0.6) is 0 Å². The number of likely N-dealkylation sites (tertiary alicyclic amines) is 1. The van der Waals surface area contributed by atoms with E-state index in [0.29, 0.717) is 35.9 Å². The molecule has 0 aliphatic carbocycles. The summed E-state index contributed by atoms with van der Waals surface area (Å²) < 4.78 is 2.81. The van der Waals surface area contributed by atoms with E-state index < -0.39 is 11.4 Å². The van der Waals surface area contributed by atoms with Crippen molar-refractivity contribution < 1.29 is 9.59 Å². The van der Waals surface area contributed by atoms with Crippen LogP contribution in [0.2, 0.25) is 0 Å². The number of nitrogens with one attached hydrogen (secondary N) is 3. The maximum atomic E-state index is 13.2. The summed E-state index contributed by atoms with van der Waals surface area (Å²) in [6.45, 7) is 2.27. The SMILES string of the molecule is CNc1cc(Nc2cccn(-c3ccccn3)c2=O)nn2c(C(=O)NC3(C)CCN(C)C3=O)cnc12. The van der Waals surface area contributed by atoms with Gasteiger partial charge in [0.1, 0.15) is 17.0 Å². The van der Waals surface area contributed by atoms with Crippen molar-refractivity contribution in [3.05, 3.63) is 71.0 Å². The second-order valence-electron chi connectivity index (χ2n) is 8.74. The molecule has 3 N–H and O–H groups in total. The summed E-state index contributed by atoms with van der Waals surface area (Å²) in [5.41, 5.74) is 0.133. The second-order valence-corrected chi connectivity index (χ2v) is 8.74. The molecule has 1 aliphatic heterocycles. The number of likely N-dealkylation sites (N-methyl/N-ethyl adjacent to an activating group) is 1. The Bertz CT molecular complexity index is 1530. The summed E-state index contributed by atoms with van der Waals surface area (Å²) in [6.07, 6.45) is 5.15. The minimum Gasteiger partial charge on any atom is -0.385 e. The fraction of sp³-hybridized carbons (Fsp3) is 0.250. The van der Waals surface area contributed by atoms with Gasteiger partial charge in [0.2, 0.25) is 5.91 Å². The minimum atomic E-state index is -1.00. The zero-order valence-electron chi connectivity index (χ0n) is 20.0. The summed E-state index contributed by atoms with van der Waals surface area (Å²) in [7, 11) is 3.43. The van der Waals surface area contributed by atoms with Crippen molar-refractivity contribution in [3.8, 4) is 5.82 Å². The van der Waals surface area contributed by atoms with Crippen LogP contribution in [0.25, 0.3) is 11.5 Å². The number of hydrogen-bond acceptors (Lipinski definition) is 8. The van der Waals surface area contributed by atoms with Crippen LogP contribution in [-0.2, 0) is 4.79 Å². The number of carbonyl (C=O) groups is 2. The van der Waals surface area contributed by atoms with Crippen LogP contribution in [0, 0.1) is 0 Å². The number of anilines is 3. The van der Waals surface area contributed by atoms with E-state index in [1.807, 2.05) is 0 Å². The molecule has 4 aromatic rings. The molecule has 5 heterocycles. The standard InChI is InChI=1S/C24H25N9O3/c1-24(9-12-31(3)23(24)36)29-21(34)17-14-27-20-16(25-2)13-18(30-33(17)20)28-15-7-6-11-32(22(15)35)19-8-4-5-10-26-19/h4-8,10-11,13-14,25H,9,12H2,1-3H3,(H,28,30)(H,29,34). The van der Waals surface area contributed by atoms with Gasteiger partial charge in [-0.15, -0.1) is 5.10 Å². The highest BCUT2D eigenvalue weighted by molar-refractivity contribution is 5.99. The van der Waals surface area contributed by atoms with E-state index >= 15 is 0 Å². The van der Waals surface area contributed by atoms with Gasteiger partial charge in [-0.3, -0.25) is 19.0 Å². The Morgan fingerprint density at radius 3 is 2.64 bits per heavy atom. The highest BCUT2D eigenvalue weighted by Gasteiger charge is 2.42. The Hall–Kier alpha value is -4.74. The molecule has 36 heavy (non-hydrogen) atoms. The monoisotopic (exact) mass is 487 g/mol. The lowest BCUT2D eigenvalue weighted by molar-refractivity contribution is -0.131. The minimum absolute atomic E-state index is 0.149. The Kier molecular flexibility index (Phi) is 5.63. The molecule has 184 valence electrons. The molecule has 0 saturated carbocycles. The van der Waals surface area contributed by atoms with Gasteiger partial charge in [-0.05, 0) is 37.6 Å². The average molecular weight is 488 g/mol. The topological polar surface area (TPSA) is 139 Å². The van der Waals surface area contributed by atoms with Gasteiger partial charge in [0.05, 0.1) is 11.9 Å². The smallest absolute Gasteiger partial charge is 0.279 e. The van der Waals surface area contributed by atoms with Crippen molar-refractivity contribution in [2.45, 2.75) is 18.9 Å². The lowest BCUT2D eigenvalue weighted by Crippen LogP contribution is -2.51. The van der Waals surface area contributed by atoms with Crippen molar-refractivity contribution in [1.82, 2.24) is 34.4 Å². The maximum absolute atomic E-state index is 13.2. The first kappa shape index (κ1) is 23.0. The summed E-state index contributed by atoms with van der Waals surface area (Å²) in [6, 6.07) is 10.4. The number of carbonyl (C=O) groups excluding carboxylic acids is 2. The van der Waals surface area contributed by atoms with Crippen LogP contribution >= 0.6 is 0 Å². The molecule has 1 unspecified atom stereocenters. The lowest BCUT2D eigenvalue weighted by atomic mass is 10.0. The van der Waals surface area contributed by atoms with E-state index in [-0.39, 0.29) is 22.8 Å². The van der Waals surface area contributed by atoms with Crippen LogP contribution in [-0.4, -0.2) is 67.0 Å². The van der Waals surface area contributed by atoms with E-state index in [1.165, 1.54) is 15.3 Å². The van der Waals surface area contributed by atoms with Crippen LogP contribution in [0.4, 0.5) is 17.2 Å². The molecular formula is C24H25N9O3. The van der Waals surface area contributed by atoms with Gasteiger partial charge in [0.15, 0.2) is 17.2 Å². The molecule has 1 saturated heterocycles. The number of aromatic nitrogens is 5. The van der Waals surface area contributed by atoms with Crippen molar-refractivity contribution in [2.24, 2.45) is 0 Å². The van der Waals surface area contributed by atoms with Crippen LogP contribution in [0.3, 0.4) is 0 Å². The Labute approximate surface area is 206 Å². The van der Waals surface area contributed by atoms with Crippen molar-refractivity contribution in [2.75, 3.05) is 31.3 Å². The molecule has 0 aromatic carbocycles. The third-order valence-electron chi connectivity index (χ3n) is 6.23. The molecule has 4 aromatic heterocycles. The molecule has 0 spiro atoms. The Balaban J connectivity index is 1.50. The third-order valence-corrected chi connectivity index (χ3v) is 6.23. The summed E-state index contributed by atoms with van der Waals surface area (Å²) in [5.74, 6) is 0.180. The normalized spacial score (nSPS) is 17.4. The maximum Gasteiger partial charge on any atom is 0.279 e. The molecule has 0 bridgehead atoms. The Morgan fingerprint density at radius 2 is 1.94 bits per heavy atom. The number of rotatable bonds is 6. The molecule has 1 atom stereocenters. The van der Waals surface area contributed by atoms with E-state index in [4.69, 9.17) is 0 Å². The second kappa shape index (κ2) is 8.80. The van der Waals surface area contributed by atoms with Crippen LogP contribution in [0.15, 0.2) is 59.8 Å². The van der Waals surface area contributed by atoms with Gasteiger partial charge in [-0.2, -0.15) is 0 Å². The van der Waals surface area contributed by atoms with Gasteiger partial charge in [0, 0.05) is 39.1 Å². The predicted molar refractivity (Wildman–Crippen MR) is 134 cm³/mol. The number of fused-ring (bicyclic) bond motifs is 1. The van der Waals surface area contributed by atoms with Gasteiger partial charge in [-0.25, -0.2) is 14.5 Å². The zero-order valence-corrected chi connectivity index (χ0v) is 20.0. The molecular weight excluding hydrogens is 462 g/mol. The molecule has 2 amide bonds. The molecule has 1 fully saturated rings. The molecule has 0 radical (unpaired) electrons. The first-order chi connectivity index (χ1) is 17.3. The van der Waals surface area contributed by atoms with E-state index in [1.54, 1.807) is 74.7 Å². The van der Waals surface area contributed by atoms with Gasteiger partial charge in [0.25, 0.3) is 11.5 Å². The number of amides is 2. The Morgan fingerprint density at radius 1 is 1.11 bits per heavy atom. The largest absolute Gasteiger partial charge is 0.385 e. The quantitative estimate of drug-likeness (QED) is 0.371. The summed E-state index contributed by atoms with van der Waals surface area (Å²) in [4.78, 5) is 49.0. The lowest BCUT2D eigenvalue weighted by Gasteiger charge is -2.23. The fourth-order valence-corrected chi connectivity index (χ4v) is 4.22. The number of pyridine rings is 2. The fourth-order valence-electron chi connectivity index (χ4n) is 4.22. The molecule has 5 rings (SSSR count). The van der Waals surface area contributed by atoms with E-state index in [2.05, 4.69) is 31.0 Å². The first-order valence-corrected chi connectivity index (χ1v) is 11.4. The zero-order chi connectivity index (χ0) is 25.4. The molecule has 12 heteroatoms. The number of nitrogens with zero attached hydrogens (tertiary/aromatic N) is 6. The van der Waals surface area contributed by atoms with Gasteiger partial charge >= 0.3 is 0 Å². The van der Waals surface area contributed by atoms with Crippen molar-refractivity contribution in [3.63, 3.8) is 0 Å². The van der Waals surface area contributed by atoms with Gasteiger partial charge in [-0.1, -0.05) is 6.07 Å². The highest BCUT2D eigenvalue weighted by Crippen LogP contribution is 2.24. The van der Waals surface area contributed by atoms with Crippen LogP contribution in [0.1, 0.15) is 23.8 Å². The van der Waals surface area contributed by atoms with Crippen molar-refractivity contribution >= 4 is 34.7 Å². The van der Waals surface area contributed by atoms with Crippen LogP contribution < -0.4 is 21.5 Å². The molecule has 1 aliphatic rings. The highest BCUT2D eigenvalue weighted by atomic mass is 16.2. The summed E-state index contributed by atoms with van der Waals surface area (Å²) in [5, 5.41) is 13.4. The van der Waals surface area contributed by atoms with E-state index in [9.17, 15) is 14.4 Å².